The van der Waals surface area contributed by atoms with E-state index in [1.54, 1.807) is 0 Å². The molecule has 0 bridgehead atoms. The lowest BCUT2D eigenvalue weighted by Gasteiger charge is -2.28. The molecule has 1 heterocycles. The van der Waals surface area contributed by atoms with Crippen LogP contribution in [0.5, 0.6) is 0 Å². The summed E-state index contributed by atoms with van der Waals surface area (Å²) in [4.78, 5) is 0. The van der Waals surface area contributed by atoms with Crippen molar-refractivity contribution in [2.24, 2.45) is 7.05 Å². The van der Waals surface area contributed by atoms with Crippen molar-refractivity contribution in [2.75, 3.05) is 0 Å². The molecule has 36 heavy (non-hydrogen) atoms. The predicted octanol–water partition coefficient (Wildman–Crippen LogP) is 5.00. The Balaban J connectivity index is 0.000000537. The fourth-order valence-corrected chi connectivity index (χ4v) is 5.42. The van der Waals surface area contributed by atoms with Crippen molar-refractivity contribution in [1.82, 2.24) is 4.57 Å². The van der Waals surface area contributed by atoms with E-state index in [4.69, 9.17) is 0 Å². The van der Waals surface area contributed by atoms with Crippen LogP contribution in [0.2, 0.25) is 0 Å². The molecule has 0 aliphatic heterocycles. The molecular formula is C17H15F11N2O4S2. The third kappa shape index (κ3) is 6.22. The second-order valence-electron chi connectivity index (χ2n) is 6.80. The highest BCUT2D eigenvalue weighted by Crippen LogP contribution is 2.50. The Morgan fingerprint density at radius 1 is 0.917 bits per heavy atom. The van der Waals surface area contributed by atoms with Crippen LogP contribution in [0.15, 0.2) is 51.8 Å². The smallest absolute Gasteiger partial charge is 0.262 e. The summed E-state index contributed by atoms with van der Waals surface area (Å²) in [6, 6.07) is 0. The molecule has 0 saturated heterocycles. The summed E-state index contributed by atoms with van der Waals surface area (Å²) in [5, 5.41) is 0. The van der Waals surface area contributed by atoms with Crippen LogP contribution in [0.1, 0.15) is 19.8 Å². The second kappa shape index (κ2) is 10.8. The van der Waals surface area contributed by atoms with Crippen molar-refractivity contribution in [1.29, 1.82) is 0 Å². The molecule has 0 unspecified atom stereocenters. The number of sulfone groups is 2. The average molecular weight is 584 g/mol. The summed E-state index contributed by atoms with van der Waals surface area (Å²) in [6.45, 7) is 3.36. The molecule has 19 heteroatoms. The summed E-state index contributed by atoms with van der Waals surface area (Å²) >= 11 is 0. The maximum absolute atomic E-state index is 13.5. The molecule has 1 aromatic heterocycles. The third-order valence-electron chi connectivity index (χ3n) is 4.11. The minimum Gasteiger partial charge on any atom is -0.262 e. The van der Waals surface area contributed by atoms with E-state index in [1.807, 2.05) is 7.05 Å². The third-order valence-corrected chi connectivity index (χ3v) is 8.02. The molecule has 6 nitrogen and oxygen atoms in total. The van der Waals surface area contributed by atoms with Crippen molar-refractivity contribution >= 4 is 19.7 Å². The quantitative estimate of drug-likeness (QED) is 0.278. The molecule has 0 aromatic carbocycles. The number of allylic oxidation sites excluding steroid dienone is 5. The van der Waals surface area contributed by atoms with Gasteiger partial charge in [0.1, 0.15) is 34.1 Å². The van der Waals surface area contributed by atoms with Gasteiger partial charge >= 0.3 is 11.0 Å². The van der Waals surface area contributed by atoms with Crippen LogP contribution >= 0.6 is 0 Å². The number of halogens is 11. The molecule has 0 saturated carbocycles. The van der Waals surface area contributed by atoms with Gasteiger partial charge in [0, 0.05) is 0 Å². The summed E-state index contributed by atoms with van der Waals surface area (Å²) in [5.41, 5.74) is -17.2. The minimum atomic E-state index is -7.75. The lowest BCUT2D eigenvalue weighted by Crippen LogP contribution is -2.36. The molecular weight excluding hydrogens is 569 g/mol. The number of imidazole rings is 1. The second-order valence-corrected chi connectivity index (χ2v) is 10.8. The lowest BCUT2D eigenvalue weighted by atomic mass is 10.0. The van der Waals surface area contributed by atoms with Crippen LogP contribution in [0.3, 0.4) is 0 Å². The number of nitrogens with zero attached hydrogens (tertiary/aromatic N) is 2. The van der Waals surface area contributed by atoms with E-state index in [1.165, 1.54) is 12.8 Å². The molecule has 0 radical (unpaired) electrons. The molecule has 0 fully saturated rings. The van der Waals surface area contributed by atoms with Gasteiger partial charge in [-0.05, 0) is 12.0 Å². The van der Waals surface area contributed by atoms with Gasteiger partial charge in [0.15, 0.2) is 0 Å². The Bertz CT molecular complexity index is 1240. The monoisotopic (exact) mass is 584 g/mol. The number of unbranched alkanes of at least 4 members (excludes halogenated alkanes) is 1. The molecule has 0 atom stereocenters. The van der Waals surface area contributed by atoms with E-state index >= 15 is 0 Å². The Morgan fingerprint density at radius 3 is 1.75 bits per heavy atom. The fraction of sp³-hybridized carbons (Fsp3) is 0.412. The standard InChI is InChI=1S/C9F11O4S2.C8H15N2/c10-2-1(3(11)5(13)6(14)4(2)12)7(25(21,22)8(15,16)17)26(23,24)9(18,19)20;1-3-4-5-10-7-6-9(2)8-10/h;6-8H,3-5H2,1-2H3/q-1;+1. The van der Waals surface area contributed by atoms with Gasteiger partial charge in [0.05, 0.1) is 25.6 Å². The van der Waals surface area contributed by atoms with E-state index in [9.17, 15) is 65.1 Å². The first-order valence-electron chi connectivity index (χ1n) is 9.15. The van der Waals surface area contributed by atoms with Crippen molar-refractivity contribution in [3.63, 3.8) is 0 Å². The Hall–Kier alpha value is -2.57. The van der Waals surface area contributed by atoms with Crippen molar-refractivity contribution < 1.29 is 69.7 Å². The first-order chi connectivity index (χ1) is 16.1. The molecule has 1 aliphatic rings. The average Bonchev–Trinajstić information content (AvgIpc) is 3.16. The van der Waals surface area contributed by atoms with E-state index in [0.717, 1.165) is 6.54 Å². The summed E-state index contributed by atoms with van der Waals surface area (Å²) in [7, 11) is -13.5. The minimum absolute atomic E-state index is 1.15. The van der Waals surface area contributed by atoms with Crippen LogP contribution in [0, 0.1) is 6.17 Å². The van der Waals surface area contributed by atoms with E-state index in [2.05, 4.69) is 34.8 Å². The zero-order valence-electron chi connectivity index (χ0n) is 17.9. The Morgan fingerprint density at radius 2 is 1.39 bits per heavy atom. The topological polar surface area (TPSA) is 77.1 Å². The SMILES string of the molecule is CCCCn1cc[n+](C)c1.O=S(=O)(C(=C1C(F)=C(F)C(F)=C(F)[C-]1F)S(=O)(=O)C(F)(F)F)C(F)(F)F. The normalized spacial score (nSPS) is 15.8. The number of hydrogen-bond donors (Lipinski definition) is 0. The summed E-state index contributed by atoms with van der Waals surface area (Å²) < 4.78 is 185. The van der Waals surface area contributed by atoms with E-state index in [-0.39, 0.29) is 0 Å². The molecule has 0 amide bonds. The molecule has 206 valence electrons. The highest BCUT2D eigenvalue weighted by Gasteiger charge is 2.59. The van der Waals surface area contributed by atoms with Crippen molar-refractivity contribution in [3.8, 4) is 0 Å². The number of alkyl halides is 6. The largest absolute Gasteiger partial charge is 0.494 e. The first-order valence-corrected chi connectivity index (χ1v) is 12.1. The van der Waals surface area contributed by atoms with Gasteiger partial charge in [-0.25, -0.2) is 34.8 Å². The van der Waals surface area contributed by atoms with Crippen LogP contribution in [-0.2, 0) is 33.3 Å². The van der Waals surface area contributed by atoms with E-state index < -0.39 is 70.0 Å². The zero-order valence-corrected chi connectivity index (χ0v) is 19.5. The molecule has 0 spiro atoms. The first kappa shape index (κ1) is 31.5. The summed E-state index contributed by atoms with van der Waals surface area (Å²) in [5.74, 6) is -13.0. The number of hydrogen-bond acceptors (Lipinski definition) is 4. The van der Waals surface area contributed by atoms with Gasteiger partial charge in [-0.3, -0.25) is 13.2 Å². The highest BCUT2D eigenvalue weighted by molar-refractivity contribution is 8.15. The highest BCUT2D eigenvalue weighted by atomic mass is 32.3. The number of rotatable bonds is 5. The van der Waals surface area contributed by atoms with Gasteiger partial charge in [0.2, 0.25) is 6.33 Å². The number of aryl methyl sites for hydroxylation is 2. The van der Waals surface area contributed by atoms with E-state index in [0.29, 0.717) is 0 Å². The maximum atomic E-state index is 13.5. The maximum Gasteiger partial charge on any atom is 0.494 e. The molecule has 0 N–H and O–H groups in total. The molecule has 2 rings (SSSR count). The van der Waals surface area contributed by atoms with Gasteiger partial charge < -0.3 is 0 Å². The predicted molar refractivity (Wildman–Crippen MR) is 100 cm³/mol. The van der Waals surface area contributed by atoms with Gasteiger partial charge in [-0.2, -0.15) is 26.3 Å². The van der Waals surface area contributed by atoms with Gasteiger partial charge in [-0.15, -0.1) is 0 Å². The van der Waals surface area contributed by atoms with Crippen molar-refractivity contribution in [2.45, 2.75) is 37.3 Å². The van der Waals surface area contributed by atoms with Crippen LogP contribution in [0.4, 0.5) is 48.3 Å². The fourth-order valence-electron chi connectivity index (χ4n) is 2.38. The number of aromatic nitrogens is 2. The Kier molecular flexibility index (Phi) is 9.45. The molecule has 1 aromatic rings. The van der Waals surface area contributed by atoms with Crippen molar-refractivity contribution in [3.05, 3.63) is 58.0 Å². The van der Waals surface area contributed by atoms with Gasteiger partial charge in [-0.1, -0.05) is 13.3 Å². The lowest BCUT2D eigenvalue weighted by molar-refractivity contribution is -0.671. The van der Waals surface area contributed by atoms with Crippen LogP contribution in [-0.4, -0.2) is 32.4 Å². The van der Waals surface area contributed by atoms with Gasteiger partial charge in [0.25, 0.3) is 19.7 Å². The van der Waals surface area contributed by atoms with Crippen LogP contribution < -0.4 is 4.57 Å². The zero-order chi connectivity index (χ0) is 28.4. The Labute approximate surface area is 196 Å². The van der Waals surface area contributed by atoms with Crippen LogP contribution in [0.25, 0.3) is 0 Å². The molecule has 1 aliphatic carbocycles. The summed E-state index contributed by atoms with van der Waals surface area (Å²) in [6.07, 6.45) is 5.37.